The summed E-state index contributed by atoms with van der Waals surface area (Å²) in [6, 6.07) is 4.68. The Labute approximate surface area is 361 Å². The standard InChI is InChI=1S/C44H57N7O10S/c1-26(2)60-38-21-37(31-16-17-36(59-6)27(3)40(31)46-38)61-29-20-34-35(52)23-44(43(56)48-62(57,58)30-14-15-30)22-28(44)12-10-8-7-9-11-13-33(42(55)51(34)24-29)45-41(54)32-18-19-50(47-32)25-39(53)49(4)5/h10,12,16-19,21,26,28-30,33-34H,7-9,11,13-15,20,22-25H2,1-6H3,(H,45,54)(H,48,56)/b12-10-/t28-,29-,33+,34+,44-/m1/s1. The quantitative estimate of drug-likeness (QED) is 0.249. The molecule has 17 nitrogen and oxygen atoms in total. The van der Waals surface area contributed by atoms with Crippen molar-refractivity contribution in [3.8, 4) is 17.4 Å². The molecule has 2 aliphatic heterocycles. The van der Waals surface area contributed by atoms with E-state index in [1.54, 1.807) is 27.3 Å². The van der Waals surface area contributed by atoms with Crippen LogP contribution in [0.25, 0.3) is 10.9 Å². The van der Waals surface area contributed by atoms with Crippen LogP contribution >= 0.6 is 0 Å². The van der Waals surface area contributed by atoms with E-state index in [4.69, 9.17) is 19.2 Å². The maximum atomic E-state index is 14.9. The van der Waals surface area contributed by atoms with Crippen LogP contribution in [0, 0.1) is 18.3 Å². The number of amides is 4. The molecule has 334 valence electrons. The highest BCUT2D eigenvalue weighted by molar-refractivity contribution is 7.90. The number of aryl methyl sites for hydroxylation is 1. The molecule has 62 heavy (non-hydrogen) atoms. The summed E-state index contributed by atoms with van der Waals surface area (Å²) in [6.45, 7) is 5.54. The monoisotopic (exact) mass is 875 g/mol. The van der Waals surface area contributed by atoms with Crippen molar-refractivity contribution in [2.45, 2.75) is 121 Å². The predicted octanol–water partition coefficient (Wildman–Crippen LogP) is 3.86. The highest BCUT2D eigenvalue weighted by Crippen LogP contribution is 2.57. The lowest BCUT2D eigenvalue weighted by Crippen LogP contribution is -2.52. The minimum atomic E-state index is -3.90. The number of carbonyl (C=O) groups excluding carboxylic acids is 5. The van der Waals surface area contributed by atoms with Gasteiger partial charge in [0, 0.05) is 50.1 Å². The Morgan fingerprint density at radius 1 is 1.05 bits per heavy atom. The number of hydrogen-bond donors (Lipinski definition) is 2. The van der Waals surface area contributed by atoms with E-state index in [-0.39, 0.29) is 62.4 Å². The first-order valence-electron chi connectivity index (χ1n) is 21.4. The predicted molar refractivity (Wildman–Crippen MR) is 228 cm³/mol. The number of pyridine rings is 1. The second kappa shape index (κ2) is 18.1. The molecule has 2 N–H and O–H groups in total. The normalized spacial score (nSPS) is 24.9. The van der Waals surface area contributed by atoms with E-state index in [0.29, 0.717) is 54.0 Å². The van der Waals surface area contributed by atoms with E-state index in [2.05, 4.69) is 15.1 Å². The van der Waals surface area contributed by atoms with Gasteiger partial charge in [0.15, 0.2) is 5.78 Å². The number of likely N-dealkylation sites (N-methyl/N-ethyl adjacent to an activating group) is 1. The number of ketones is 1. The van der Waals surface area contributed by atoms with Gasteiger partial charge in [-0.1, -0.05) is 25.0 Å². The van der Waals surface area contributed by atoms with Crippen molar-refractivity contribution in [3.05, 3.63) is 53.9 Å². The molecule has 2 aromatic heterocycles. The van der Waals surface area contributed by atoms with E-state index in [1.165, 1.54) is 26.7 Å². The second-order valence-corrected chi connectivity index (χ2v) is 19.4. The Balaban J connectivity index is 1.21. The van der Waals surface area contributed by atoms with Crippen LogP contribution in [0.1, 0.15) is 94.1 Å². The van der Waals surface area contributed by atoms with E-state index < -0.39 is 62.4 Å². The number of benzene rings is 1. The molecule has 0 bridgehead atoms. The van der Waals surface area contributed by atoms with Crippen LogP contribution in [0.4, 0.5) is 0 Å². The third-order valence-corrected chi connectivity index (χ3v) is 14.0. The van der Waals surface area contributed by atoms with Gasteiger partial charge < -0.3 is 29.3 Å². The minimum absolute atomic E-state index is 0.0189. The van der Waals surface area contributed by atoms with Gasteiger partial charge in [-0.25, -0.2) is 13.4 Å². The molecule has 1 saturated heterocycles. The Morgan fingerprint density at radius 3 is 2.53 bits per heavy atom. The zero-order valence-electron chi connectivity index (χ0n) is 36.2. The van der Waals surface area contributed by atoms with Gasteiger partial charge in [-0.15, -0.1) is 0 Å². The molecule has 1 aromatic carbocycles. The molecule has 3 aromatic rings. The third kappa shape index (κ3) is 9.74. The van der Waals surface area contributed by atoms with Crippen molar-refractivity contribution >= 4 is 50.3 Å². The van der Waals surface area contributed by atoms with E-state index in [1.807, 2.05) is 45.1 Å². The summed E-state index contributed by atoms with van der Waals surface area (Å²) < 4.78 is 47.9. The van der Waals surface area contributed by atoms with Gasteiger partial charge in [0.25, 0.3) is 5.91 Å². The van der Waals surface area contributed by atoms with Gasteiger partial charge in [0.2, 0.25) is 33.6 Å². The number of rotatable bonds is 12. The summed E-state index contributed by atoms with van der Waals surface area (Å²) in [5, 5.41) is 7.20. The Kier molecular flexibility index (Phi) is 13.0. The van der Waals surface area contributed by atoms with Crippen LogP contribution in [0.5, 0.6) is 17.4 Å². The van der Waals surface area contributed by atoms with Crippen LogP contribution in [0.15, 0.2) is 42.6 Å². The lowest BCUT2D eigenvalue weighted by molar-refractivity contribution is -0.140. The largest absolute Gasteiger partial charge is 0.496 e. The highest BCUT2D eigenvalue weighted by atomic mass is 32.2. The number of methoxy groups -OCH3 is 1. The van der Waals surface area contributed by atoms with Crippen molar-refractivity contribution in [1.82, 2.24) is 34.6 Å². The van der Waals surface area contributed by atoms with Gasteiger partial charge in [-0.05, 0) is 83.4 Å². The lowest BCUT2D eigenvalue weighted by Gasteiger charge is -2.29. The molecular weight excluding hydrogens is 819 g/mol. The van der Waals surface area contributed by atoms with Crippen molar-refractivity contribution in [1.29, 1.82) is 0 Å². The molecule has 2 aliphatic carbocycles. The van der Waals surface area contributed by atoms with E-state index in [0.717, 1.165) is 18.4 Å². The molecule has 3 fully saturated rings. The van der Waals surface area contributed by atoms with Crippen molar-refractivity contribution in [2.75, 3.05) is 27.7 Å². The fraction of sp³-hybridized carbons (Fsp3) is 0.568. The number of Topliss-reactive ketones (excluding diaryl/α,β-unsaturated/α-hetero) is 1. The summed E-state index contributed by atoms with van der Waals surface area (Å²) in [7, 11) is 0.920. The van der Waals surface area contributed by atoms with Gasteiger partial charge in [-0.3, -0.25) is 33.4 Å². The molecule has 2 saturated carbocycles. The number of aromatic nitrogens is 3. The molecule has 0 radical (unpaired) electrons. The Bertz CT molecular complexity index is 2370. The van der Waals surface area contributed by atoms with Crippen molar-refractivity contribution in [3.63, 3.8) is 0 Å². The first-order valence-corrected chi connectivity index (χ1v) is 23.0. The molecule has 4 heterocycles. The fourth-order valence-corrected chi connectivity index (χ4v) is 9.81. The third-order valence-electron chi connectivity index (χ3n) is 12.2. The number of carbonyl (C=O) groups is 5. The summed E-state index contributed by atoms with van der Waals surface area (Å²) >= 11 is 0. The van der Waals surface area contributed by atoms with E-state index >= 15 is 0 Å². The zero-order valence-corrected chi connectivity index (χ0v) is 37.0. The minimum Gasteiger partial charge on any atom is -0.496 e. The van der Waals surface area contributed by atoms with Gasteiger partial charge in [0.05, 0.1) is 42.0 Å². The average Bonchev–Trinajstić information content (AvgIpc) is 4.10. The zero-order chi connectivity index (χ0) is 44.5. The van der Waals surface area contributed by atoms with Crippen LogP contribution < -0.4 is 24.2 Å². The van der Waals surface area contributed by atoms with Crippen molar-refractivity contribution in [2.24, 2.45) is 11.3 Å². The number of fused-ring (bicyclic) bond motifs is 3. The summed E-state index contributed by atoms with van der Waals surface area (Å²) in [4.78, 5) is 77.2. The number of allylic oxidation sites excluding steroid dienone is 2. The number of nitrogens with one attached hydrogen (secondary N) is 2. The Hall–Kier alpha value is -5.52. The molecule has 7 rings (SSSR count). The maximum absolute atomic E-state index is 14.9. The second-order valence-electron chi connectivity index (χ2n) is 17.5. The van der Waals surface area contributed by atoms with Gasteiger partial charge in [-0.2, -0.15) is 5.10 Å². The maximum Gasteiger partial charge on any atom is 0.272 e. The molecule has 0 unspecified atom stereocenters. The fourth-order valence-electron chi connectivity index (χ4n) is 8.43. The van der Waals surface area contributed by atoms with Crippen LogP contribution in [0.3, 0.4) is 0 Å². The molecule has 0 spiro atoms. The average molecular weight is 876 g/mol. The lowest BCUT2D eigenvalue weighted by atomic mass is 9.91. The molecular formula is C44H57N7O10S. The molecule has 5 atom stereocenters. The van der Waals surface area contributed by atoms with Crippen LogP contribution in [-0.2, 0) is 35.7 Å². The smallest absolute Gasteiger partial charge is 0.272 e. The van der Waals surface area contributed by atoms with E-state index in [9.17, 15) is 32.4 Å². The topological polar surface area (TPSA) is 208 Å². The van der Waals surface area contributed by atoms with Crippen LogP contribution in [-0.4, -0.2) is 120 Å². The SMILES string of the molecule is COc1ccc2c(O[C@@H]3C[C@H]4C(=O)C[C@]5(C(=O)NS(=O)(=O)C6CC6)C[C@H]5/C=C\CCCCC[C@H](NC(=O)c5ccn(CC(=O)N(C)C)n5)C(=O)N4C3)cc(OC(C)C)nc2c1C. The number of sulfonamides is 1. The summed E-state index contributed by atoms with van der Waals surface area (Å²) in [5.74, 6) is -1.43. The first-order chi connectivity index (χ1) is 29.5. The highest BCUT2D eigenvalue weighted by Gasteiger charge is 2.61. The molecule has 18 heteroatoms. The number of hydrogen-bond acceptors (Lipinski definition) is 12. The molecule has 4 aliphatic rings. The first kappa shape index (κ1) is 44.5. The van der Waals surface area contributed by atoms with Gasteiger partial charge >= 0.3 is 0 Å². The van der Waals surface area contributed by atoms with Gasteiger partial charge in [0.1, 0.15) is 35.9 Å². The number of nitrogens with zero attached hydrogens (tertiary/aromatic N) is 5. The number of ether oxygens (including phenoxy) is 3. The Morgan fingerprint density at radius 2 is 1.82 bits per heavy atom. The summed E-state index contributed by atoms with van der Waals surface area (Å²) in [6.07, 6.45) is 8.53. The van der Waals surface area contributed by atoms with Crippen LogP contribution in [0.2, 0.25) is 0 Å². The van der Waals surface area contributed by atoms with Crippen molar-refractivity contribution < 1.29 is 46.6 Å². The summed E-state index contributed by atoms with van der Waals surface area (Å²) in [5.41, 5.74) is 0.0767. The molecule has 4 amide bonds.